The molecule has 0 amide bonds. The molecule has 0 saturated carbocycles. The minimum Gasteiger partial charge on any atom is -0.364 e. The Bertz CT molecular complexity index is 871. The number of hydrogen-bond acceptors (Lipinski definition) is 3. The maximum atomic E-state index is 12.9. The highest BCUT2D eigenvalue weighted by molar-refractivity contribution is 7.86. The Morgan fingerprint density at radius 3 is 2.17 bits per heavy atom. The van der Waals surface area contributed by atoms with Crippen LogP contribution in [-0.4, -0.2) is 8.42 Å². The quantitative estimate of drug-likeness (QED) is 0.486. The summed E-state index contributed by atoms with van der Waals surface area (Å²) in [5.74, 6) is 3.30. The first kappa shape index (κ1) is 16.7. The summed E-state index contributed by atoms with van der Waals surface area (Å²) < 4.78 is 54.3. The van der Waals surface area contributed by atoms with Crippen molar-refractivity contribution in [2.24, 2.45) is 0 Å². The first-order valence-corrected chi connectivity index (χ1v) is 7.93. The van der Waals surface area contributed by atoms with E-state index >= 15 is 0 Å². The van der Waals surface area contributed by atoms with Gasteiger partial charge in [0.05, 0.1) is 0 Å². The lowest BCUT2D eigenvalue weighted by Gasteiger charge is -2.05. The van der Waals surface area contributed by atoms with Gasteiger partial charge in [0.1, 0.15) is 4.90 Å². The number of allylic oxidation sites excluding steroid dienone is 1. The van der Waals surface area contributed by atoms with E-state index in [-0.39, 0.29) is 4.90 Å². The highest BCUT2D eigenvalue weighted by atomic mass is 32.2. The van der Waals surface area contributed by atoms with Crippen molar-refractivity contribution in [2.45, 2.75) is 11.8 Å². The van der Waals surface area contributed by atoms with E-state index in [2.05, 4.69) is 16.0 Å². The molecule has 0 saturated heterocycles. The average Bonchev–Trinajstić information content (AvgIpc) is 2.52. The van der Waals surface area contributed by atoms with Crippen molar-refractivity contribution in [2.75, 3.05) is 0 Å². The predicted octanol–water partition coefficient (Wildman–Crippen LogP) is 3.86. The number of benzene rings is 2. The van der Waals surface area contributed by atoms with E-state index in [1.165, 1.54) is 12.1 Å². The molecule has 0 unspecified atom stereocenters. The van der Waals surface area contributed by atoms with Crippen LogP contribution in [0.2, 0.25) is 0 Å². The first-order chi connectivity index (χ1) is 10.9. The summed E-state index contributed by atoms with van der Waals surface area (Å²) in [6, 6.07) is 14.0. The van der Waals surface area contributed by atoms with Crippen molar-refractivity contribution >= 4 is 10.1 Å². The van der Waals surface area contributed by atoms with E-state index in [0.29, 0.717) is 5.56 Å². The van der Waals surface area contributed by atoms with Gasteiger partial charge < -0.3 is 4.18 Å². The summed E-state index contributed by atoms with van der Waals surface area (Å²) in [6.07, 6.45) is -2.30. The largest absolute Gasteiger partial charge is 0.364 e. The van der Waals surface area contributed by atoms with Crippen LogP contribution in [0.4, 0.5) is 8.78 Å². The fourth-order valence-corrected chi connectivity index (χ4v) is 2.50. The summed E-state index contributed by atoms with van der Waals surface area (Å²) in [6.45, 7) is 1.77. The zero-order valence-electron chi connectivity index (χ0n) is 12.1. The average molecular weight is 334 g/mol. The van der Waals surface area contributed by atoms with Crippen LogP contribution in [-0.2, 0) is 14.3 Å². The molecule has 0 N–H and O–H groups in total. The molecule has 0 aliphatic rings. The van der Waals surface area contributed by atoms with Crippen LogP contribution < -0.4 is 0 Å². The Labute approximate surface area is 133 Å². The molecule has 23 heavy (non-hydrogen) atoms. The van der Waals surface area contributed by atoms with E-state index in [0.717, 1.165) is 5.56 Å². The molecule has 0 aliphatic heterocycles. The van der Waals surface area contributed by atoms with Gasteiger partial charge in [-0.05, 0) is 37.1 Å². The van der Waals surface area contributed by atoms with Gasteiger partial charge in [-0.25, -0.2) is 0 Å². The lowest BCUT2D eigenvalue weighted by molar-refractivity contribution is 0.343. The molecule has 118 valence electrons. The van der Waals surface area contributed by atoms with E-state index in [4.69, 9.17) is 0 Å². The maximum absolute atomic E-state index is 12.9. The molecule has 0 atom stereocenters. The van der Waals surface area contributed by atoms with Gasteiger partial charge in [-0.1, -0.05) is 41.8 Å². The lowest BCUT2D eigenvalue weighted by Crippen LogP contribution is -2.06. The Hall–Kier alpha value is -2.65. The Balaban J connectivity index is 2.29. The fourth-order valence-electron chi connectivity index (χ4n) is 1.61. The predicted molar refractivity (Wildman–Crippen MR) is 82.0 cm³/mol. The molecule has 0 aromatic heterocycles. The molecule has 0 bridgehead atoms. The van der Waals surface area contributed by atoms with Crippen molar-refractivity contribution in [3.63, 3.8) is 0 Å². The standard InChI is InChI=1S/C17H12F2O3S/c1-13-7-10-15(11-8-13)23(20,21)22-16(17(18)19)12-9-14-5-3-2-4-6-14/h2-8,10-11H,1H3. The third kappa shape index (κ3) is 4.66. The lowest BCUT2D eigenvalue weighted by atomic mass is 10.2. The molecule has 0 fully saturated rings. The van der Waals surface area contributed by atoms with Crippen LogP contribution in [0.25, 0.3) is 0 Å². The van der Waals surface area contributed by atoms with Crippen molar-refractivity contribution < 1.29 is 21.4 Å². The minimum absolute atomic E-state index is 0.219. The topological polar surface area (TPSA) is 43.4 Å². The van der Waals surface area contributed by atoms with Crippen molar-refractivity contribution in [1.82, 2.24) is 0 Å². The van der Waals surface area contributed by atoms with Gasteiger partial charge in [-0.2, -0.15) is 17.2 Å². The summed E-state index contributed by atoms with van der Waals surface area (Å²) in [7, 11) is -4.37. The molecule has 2 aromatic carbocycles. The monoisotopic (exact) mass is 334 g/mol. The molecule has 2 aromatic rings. The third-order valence-corrected chi connectivity index (χ3v) is 4.00. The summed E-state index contributed by atoms with van der Waals surface area (Å²) in [5.41, 5.74) is 1.29. The van der Waals surface area contributed by atoms with Crippen molar-refractivity contribution in [1.29, 1.82) is 0 Å². The molecular formula is C17H12F2O3S. The molecule has 6 heteroatoms. The van der Waals surface area contributed by atoms with Gasteiger partial charge in [-0.3, -0.25) is 0 Å². The minimum atomic E-state index is -4.37. The van der Waals surface area contributed by atoms with Crippen LogP contribution in [0.15, 0.2) is 71.3 Å². The SMILES string of the molecule is Cc1ccc(S(=O)(=O)OC(C#Cc2ccccc2)=C(F)F)cc1. The summed E-state index contributed by atoms with van der Waals surface area (Å²) in [5, 5.41) is 0. The van der Waals surface area contributed by atoms with Crippen molar-refractivity contribution in [3.8, 4) is 11.8 Å². The van der Waals surface area contributed by atoms with E-state index < -0.39 is 22.0 Å². The van der Waals surface area contributed by atoms with Crippen LogP contribution in [0, 0.1) is 18.8 Å². The normalized spacial score (nSPS) is 10.4. The van der Waals surface area contributed by atoms with Gasteiger partial charge in [0, 0.05) is 5.56 Å². The summed E-state index contributed by atoms with van der Waals surface area (Å²) >= 11 is 0. The molecule has 0 aliphatic carbocycles. The number of hydrogen-bond donors (Lipinski definition) is 0. The van der Waals surface area contributed by atoms with Gasteiger partial charge in [0.2, 0.25) is 0 Å². The molecular weight excluding hydrogens is 322 g/mol. The zero-order chi connectivity index (χ0) is 16.9. The second kappa shape index (κ2) is 7.07. The van der Waals surface area contributed by atoms with Crippen LogP contribution in [0.1, 0.15) is 11.1 Å². The maximum Gasteiger partial charge on any atom is 0.340 e. The molecule has 0 heterocycles. The second-order valence-corrected chi connectivity index (χ2v) is 6.10. The Kier molecular flexibility index (Phi) is 5.14. The van der Waals surface area contributed by atoms with Gasteiger partial charge >= 0.3 is 16.2 Å². The zero-order valence-corrected chi connectivity index (χ0v) is 12.9. The van der Waals surface area contributed by atoms with Gasteiger partial charge in [-0.15, -0.1) is 0 Å². The van der Waals surface area contributed by atoms with Crippen LogP contribution in [0.5, 0.6) is 0 Å². The first-order valence-electron chi connectivity index (χ1n) is 6.52. The number of halogens is 2. The van der Waals surface area contributed by atoms with Crippen LogP contribution >= 0.6 is 0 Å². The highest BCUT2D eigenvalue weighted by Gasteiger charge is 2.20. The summed E-state index contributed by atoms with van der Waals surface area (Å²) in [4.78, 5) is -0.219. The van der Waals surface area contributed by atoms with Crippen molar-refractivity contribution in [3.05, 3.63) is 77.6 Å². The number of rotatable bonds is 3. The number of aryl methyl sites for hydroxylation is 1. The molecule has 2 rings (SSSR count). The Morgan fingerprint density at radius 2 is 1.61 bits per heavy atom. The smallest absolute Gasteiger partial charge is 0.340 e. The van der Waals surface area contributed by atoms with Gasteiger partial charge in [0.25, 0.3) is 5.76 Å². The van der Waals surface area contributed by atoms with E-state index in [1.54, 1.807) is 49.4 Å². The fraction of sp³-hybridized carbons (Fsp3) is 0.0588. The molecule has 0 spiro atoms. The molecule has 3 nitrogen and oxygen atoms in total. The third-order valence-electron chi connectivity index (χ3n) is 2.77. The second-order valence-electron chi connectivity index (χ2n) is 4.56. The van der Waals surface area contributed by atoms with E-state index in [9.17, 15) is 17.2 Å². The molecule has 0 radical (unpaired) electrons. The van der Waals surface area contributed by atoms with E-state index in [1.807, 2.05) is 0 Å². The highest BCUT2D eigenvalue weighted by Crippen LogP contribution is 2.19. The van der Waals surface area contributed by atoms with Gasteiger partial charge in [0.15, 0.2) is 0 Å². The Morgan fingerprint density at radius 1 is 1.00 bits per heavy atom. The van der Waals surface area contributed by atoms with Crippen LogP contribution in [0.3, 0.4) is 0 Å².